The molecule has 1 aromatic carbocycles. The molecule has 6 nitrogen and oxygen atoms in total. The van der Waals surface area contributed by atoms with Gasteiger partial charge in [0.2, 0.25) is 5.91 Å². The van der Waals surface area contributed by atoms with E-state index in [1.54, 1.807) is 0 Å². The molecule has 160 valence electrons. The number of carbonyl (C=O) groups is 1. The highest BCUT2D eigenvalue weighted by Crippen LogP contribution is 2.26. The predicted octanol–water partition coefficient (Wildman–Crippen LogP) is 4.60. The molecule has 0 aliphatic carbocycles. The fraction of sp³-hybridized carbons (Fsp3) is 0.591. The smallest absolute Gasteiger partial charge is 0.230 e. The number of benzene rings is 1. The molecule has 0 radical (unpaired) electrons. The average molecular weight is 418 g/mol. The Morgan fingerprint density at radius 3 is 2.38 bits per heavy atom. The third-order valence-electron chi connectivity index (χ3n) is 4.97. The van der Waals surface area contributed by atoms with Crippen molar-refractivity contribution in [3.8, 4) is 11.4 Å². The lowest BCUT2D eigenvalue weighted by Gasteiger charge is -2.21. The highest BCUT2D eigenvalue weighted by molar-refractivity contribution is 7.99. The SMILES string of the molecule is CCCCCCNC(=O)CSc1nnc(-c2ccc(N(CC)CC)cc2)n1CC. The maximum atomic E-state index is 12.1. The molecule has 0 saturated carbocycles. The Labute approximate surface area is 179 Å². The van der Waals surface area contributed by atoms with Gasteiger partial charge in [0.05, 0.1) is 5.75 Å². The minimum Gasteiger partial charge on any atom is -0.372 e. The lowest BCUT2D eigenvalue weighted by Crippen LogP contribution is -2.26. The van der Waals surface area contributed by atoms with E-state index in [1.807, 2.05) is 0 Å². The maximum absolute atomic E-state index is 12.1. The van der Waals surface area contributed by atoms with Gasteiger partial charge in [-0.05, 0) is 51.5 Å². The number of carbonyl (C=O) groups excluding carboxylic acids is 1. The van der Waals surface area contributed by atoms with Crippen LogP contribution in [0.4, 0.5) is 5.69 Å². The molecule has 0 spiro atoms. The number of aromatic nitrogens is 3. The number of nitrogens with one attached hydrogen (secondary N) is 1. The standard InChI is InChI=1S/C22H35N5OS/c1-5-9-10-11-16-23-20(28)17-29-22-25-24-21(27(22)8-4)18-12-14-19(15-13-18)26(6-2)7-3/h12-15H,5-11,16-17H2,1-4H3,(H,23,28). The molecular formula is C22H35N5OS. The Hall–Kier alpha value is -2.02. The van der Waals surface area contributed by atoms with Gasteiger partial charge in [-0.15, -0.1) is 10.2 Å². The van der Waals surface area contributed by atoms with Crippen LogP contribution in [0.1, 0.15) is 53.4 Å². The number of thioether (sulfide) groups is 1. The van der Waals surface area contributed by atoms with Gasteiger partial charge in [0.25, 0.3) is 0 Å². The van der Waals surface area contributed by atoms with Gasteiger partial charge in [-0.2, -0.15) is 0 Å². The number of rotatable bonds is 13. The van der Waals surface area contributed by atoms with E-state index in [-0.39, 0.29) is 5.91 Å². The third kappa shape index (κ3) is 6.77. The Bertz CT molecular complexity index is 740. The lowest BCUT2D eigenvalue weighted by atomic mass is 10.2. The fourth-order valence-corrected chi connectivity index (χ4v) is 4.10. The Balaban J connectivity index is 1.97. The molecule has 0 atom stereocenters. The van der Waals surface area contributed by atoms with Crippen molar-refractivity contribution in [2.75, 3.05) is 30.3 Å². The van der Waals surface area contributed by atoms with E-state index >= 15 is 0 Å². The molecule has 2 rings (SSSR count). The number of nitrogens with zero attached hydrogens (tertiary/aromatic N) is 4. The van der Waals surface area contributed by atoms with Crippen molar-refractivity contribution in [1.82, 2.24) is 20.1 Å². The Kier molecular flexibility index (Phi) is 10.0. The van der Waals surface area contributed by atoms with E-state index in [1.165, 1.54) is 36.7 Å². The monoisotopic (exact) mass is 417 g/mol. The highest BCUT2D eigenvalue weighted by Gasteiger charge is 2.15. The van der Waals surface area contributed by atoms with E-state index in [4.69, 9.17) is 0 Å². The average Bonchev–Trinajstić information content (AvgIpc) is 3.16. The summed E-state index contributed by atoms with van der Waals surface area (Å²) in [6.45, 7) is 12.1. The van der Waals surface area contributed by atoms with Gasteiger partial charge in [0, 0.05) is 37.4 Å². The summed E-state index contributed by atoms with van der Waals surface area (Å²) in [5.74, 6) is 1.27. The predicted molar refractivity (Wildman–Crippen MR) is 123 cm³/mol. The fourth-order valence-electron chi connectivity index (χ4n) is 3.26. The zero-order valence-corrected chi connectivity index (χ0v) is 19.1. The van der Waals surface area contributed by atoms with Gasteiger partial charge in [0.1, 0.15) is 0 Å². The molecule has 1 aromatic heterocycles. The summed E-state index contributed by atoms with van der Waals surface area (Å²) in [6, 6.07) is 8.47. The van der Waals surface area contributed by atoms with Crippen molar-refractivity contribution >= 4 is 23.4 Å². The number of anilines is 1. The number of amides is 1. The van der Waals surface area contributed by atoms with E-state index in [0.29, 0.717) is 5.75 Å². The van der Waals surface area contributed by atoms with Crippen LogP contribution in [0.5, 0.6) is 0 Å². The molecule has 0 unspecified atom stereocenters. The summed E-state index contributed by atoms with van der Waals surface area (Å²) >= 11 is 1.45. The summed E-state index contributed by atoms with van der Waals surface area (Å²) in [6.07, 6.45) is 4.65. The van der Waals surface area contributed by atoms with E-state index in [0.717, 1.165) is 49.1 Å². The first-order chi connectivity index (χ1) is 14.1. The van der Waals surface area contributed by atoms with Gasteiger partial charge in [0.15, 0.2) is 11.0 Å². The molecule has 0 aliphatic rings. The second kappa shape index (κ2) is 12.5. The second-order valence-electron chi connectivity index (χ2n) is 6.97. The number of unbranched alkanes of at least 4 members (excludes halogenated alkanes) is 3. The summed E-state index contributed by atoms with van der Waals surface area (Å²) in [5.41, 5.74) is 2.26. The van der Waals surface area contributed by atoms with Crippen LogP contribution in [0.25, 0.3) is 11.4 Å². The van der Waals surface area contributed by atoms with Crippen molar-refractivity contribution in [2.24, 2.45) is 0 Å². The zero-order chi connectivity index (χ0) is 21.1. The molecule has 0 fully saturated rings. The topological polar surface area (TPSA) is 63.1 Å². The molecule has 0 aliphatic heterocycles. The van der Waals surface area contributed by atoms with E-state index in [2.05, 4.69) is 76.9 Å². The first kappa shape index (κ1) is 23.3. The minimum atomic E-state index is 0.0577. The van der Waals surface area contributed by atoms with Crippen LogP contribution in [-0.2, 0) is 11.3 Å². The van der Waals surface area contributed by atoms with Crippen LogP contribution < -0.4 is 10.2 Å². The van der Waals surface area contributed by atoms with Crippen LogP contribution >= 0.6 is 11.8 Å². The van der Waals surface area contributed by atoms with Crippen molar-refractivity contribution in [2.45, 2.75) is 65.1 Å². The lowest BCUT2D eigenvalue weighted by molar-refractivity contribution is -0.118. The van der Waals surface area contributed by atoms with Crippen molar-refractivity contribution in [3.63, 3.8) is 0 Å². The van der Waals surface area contributed by atoms with Crippen molar-refractivity contribution in [3.05, 3.63) is 24.3 Å². The van der Waals surface area contributed by atoms with Crippen LogP contribution in [0.15, 0.2) is 29.4 Å². The van der Waals surface area contributed by atoms with Crippen LogP contribution in [0.3, 0.4) is 0 Å². The first-order valence-corrected chi connectivity index (χ1v) is 11.8. The van der Waals surface area contributed by atoms with Gasteiger partial charge < -0.3 is 14.8 Å². The van der Waals surface area contributed by atoms with Gasteiger partial charge in [-0.1, -0.05) is 37.9 Å². The molecule has 0 saturated heterocycles. The summed E-state index contributed by atoms with van der Waals surface area (Å²) < 4.78 is 2.08. The quantitative estimate of drug-likeness (QED) is 0.381. The normalized spacial score (nSPS) is 10.9. The molecule has 29 heavy (non-hydrogen) atoms. The molecular weight excluding hydrogens is 382 g/mol. The first-order valence-electron chi connectivity index (χ1n) is 10.8. The number of hydrogen-bond acceptors (Lipinski definition) is 5. The summed E-state index contributed by atoms with van der Waals surface area (Å²) in [7, 11) is 0. The van der Waals surface area contributed by atoms with Crippen LogP contribution in [0.2, 0.25) is 0 Å². The molecule has 1 heterocycles. The van der Waals surface area contributed by atoms with Crippen molar-refractivity contribution in [1.29, 1.82) is 0 Å². The third-order valence-corrected chi connectivity index (χ3v) is 5.94. The van der Waals surface area contributed by atoms with E-state index < -0.39 is 0 Å². The molecule has 1 amide bonds. The van der Waals surface area contributed by atoms with Gasteiger partial charge >= 0.3 is 0 Å². The summed E-state index contributed by atoms with van der Waals surface area (Å²) in [4.78, 5) is 14.4. The van der Waals surface area contributed by atoms with Crippen LogP contribution in [0, 0.1) is 0 Å². The van der Waals surface area contributed by atoms with Crippen molar-refractivity contribution < 1.29 is 4.79 Å². The molecule has 2 aromatic rings. The zero-order valence-electron chi connectivity index (χ0n) is 18.3. The molecule has 1 N–H and O–H groups in total. The van der Waals surface area contributed by atoms with Gasteiger partial charge in [-0.3, -0.25) is 4.79 Å². The minimum absolute atomic E-state index is 0.0577. The maximum Gasteiger partial charge on any atom is 0.230 e. The van der Waals surface area contributed by atoms with Crippen LogP contribution in [-0.4, -0.2) is 46.1 Å². The highest BCUT2D eigenvalue weighted by atomic mass is 32.2. The number of hydrogen-bond donors (Lipinski definition) is 1. The summed E-state index contributed by atoms with van der Waals surface area (Å²) in [5, 5.41) is 12.5. The Morgan fingerprint density at radius 2 is 1.76 bits per heavy atom. The van der Waals surface area contributed by atoms with E-state index in [9.17, 15) is 4.79 Å². The largest absolute Gasteiger partial charge is 0.372 e. The Morgan fingerprint density at radius 1 is 1.03 bits per heavy atom. The molecule has 0 bridgehead atoms. The second-order valence-corrected chi connectivity index (χ2v) is 7.91. The molecule has 7 heteroatoms. The van der Waals surface area contributed by atoms with Gasteiger partial charge in [-0.25, -0.2) is 0 Å².